The summed E-state index contributed by atoms with van der Waals surface area (Å²) in [5.74, 6) is -0.392. The molecule has 0 N–H and O–H groups in total. The summed E-state index contributed by atoms with van der Waals surface area (Å²) in [6, 6.07) is 9.15. The number of benzene rings is 1. The molecule has 21 heavy (non-hydrogen) atoms. The van der Waals surface area contributed by atoms with Crippen LogP contribution in [0, 0.1) is 11.3 Å². The van der Waals surface area contributed by atoms with Gasteiger partial charge in [0.05, 0.1) is 24.5 Å². The van der Waals surface area contributed by atoms with Gasteiger partial charge in [0, 0.05) is 11.4 Å². The molecule has 0 heterocycles. The van der Waals surface area contributed by atoms with E-state index in [0.29, 0.717) is 12.1 Å². The predicted molar refractivity (Wildman–Crippen MR) is 81.0 cm³/mol. The van der Waals surface area contributed by atoms with Crippen molar-refractivity contribution in [2.24, 2.45) is 0 Å². The van der Waals surface area contributed by atoms with Crippen molar-refractivity contribution in [1.29, 1.82) is 5.26 Å². The van der Waals surface area contributed by atoms with E-state index in [1.165, 1.54) is 23.8 Å². The van der Waals surface area contributed by atoms with Crippen molar-refractivity contribution in [1.82, 2.24) is 4.90 Å². The van der Waals surface area contributed by atoms with Crippen LogP contribution in [-0.4, -0.2) is 42.7 Å². The Labute approximate surface area is 128 Å². The van der Waals surface area contributed by atoms with Gasteiger partial charge in [0.25, 0.3) is 5.91 Å². The quantitative estimate of drug-likeness (QED) is 0.571. The molecule has 0 saturated heterocycles. The second-order valence-corrected chi connectivity index (χ2v) is 5.26. The van der Waals surface area contributed by atoms with Crippen LogP contribution in [0.4, 0.5) is 0 Å². The van der Waals surface area contributed by atoms with Gasteiger partial charge in [0.2, 0.25) is 0 Å². The molecule has 112 valence electrons. The van der Waals surface area contributed by atoms with Gasteiger partial charge in [-0.25, -0.2) is 0 Å². The van der Waals surface area contributed by atoms with Crippen LogP contribution in [-0.2, 0) is 9.53 Å². The first-order valence-corrected chi connectivity index (χ1v) is 7.57. The van der Waals surface area contributed by atoms with Gasteiger partial charge in [-0.05, 0) is 18.6 Å². The lowest BCUT2D eigenvalue weighted by Crippen LogP contribution is -2.37. The summed E-state index contributed by atoms with van der Waals surface area (Å²) in [6.07, 6.45) is 0.746. The largest absolute Gasteiger partial charge is 0.468 e. The predicted octanol–water partition coefficient (Wildman–Crippen LogP) is 2.33. The fraction of sp³-hybridized carbons (Fsp3) is 0.400. The van der Waals surface area contributed by atoms with Gasteiger partial charge in [-0.1, -0.05) is 19.1 Å². The molecule has 1 aromatic rings. The van der Waals surface area contributed by atoms with Gasteiger partial charge in [-0.15, -0.1) is 11.8 Å². The van der Waals surface area contributed by atoms with Crippen molar-refractivity contribution < 1.29 is 14.3 Å². The van der Waals surface area contributed by atoms with E-state index >= 15 is 0 Å². The van der Waals surface area contributed by atoms with E-state index in [1.807, 2.05) is 19.1 Å². The molecule has 0 aliphatic heterocycles. The van der Waals surface area contributed by atoms with Gasteiger partial charge in [-0.3, -0.25) is 9.59 Å². The number of methoxy groups -OCH3 is 1. The highest BCUT2D eigenvalue weighted by Gasteiger charge is 2.20. The first-order chi connectivity index (χ1) is 10.1. The number of carbonyl (C=O) groups excluding carboxylic acids is 2. The molecule has 0 fully saturated rings. The van der Waals surface area contributed by atoms with Crippen molar-refractivity contribution in [3.05, 3.63) is 29.8 Å². The highest BCUT2D eigenvalue weighted by atomic mass is 32.2. The number of nitrogens with zero attached hydrogens (tertiary/aromatic N) is 2. The van der Waals surface area contributed by atoms with E-state index < -0.39 is 5.97 Å². The highest BCUT2D eigenvalue weighted by molar-refractivity contribution is 7.99. The Morgan fingerprint density at radius 3 is 2.71 bits per heavy atom. The summed E-state index contributed by atoms with van der Waals surface area (Å²) >= 11 is 1.31. The number of esters is 1. The van der Waals surface area contributed by atoms with Crippen molar-refractivity contribution in [3.63, 3.8) is 0 Å². The number of carbonyl (C=O) groups is 2. The van der Waals surface area contributed by atoms with Crippen LogP contribution in [0.3, 0.4) is 0 Å². The molecule has 1 aromatic carbocycles. The van der Waals surface area contributed by atoms with E-state index in [9.17, 15) is 9.59 Å². The minimum absolute atomic E-state index is 0.0690. The Bertz CT molecular complexity index is 540. The molecule has 0 aliphatic rings. The average molecular weight is 306 g/mol. The molecule has 0 unspecified atom stereocenters. The van der Waals surface area contributed by atoms with Crippen molar-refractivity contribution in [2.75, 3.05) is 26.0 Å². The van der Waals surface area contributed by atoms with Crippen LogP contribution in [0.2, 0.25) is 0 Å². The zero-order valence-electron chi connectivity index (χ0n) is 12.2. The summed E-state index contributed by atoms with van der Waals surface area (Å²) in [5.41, 5.74) is 0.509. The van der Waals surface area contributed by atoms with E-state index in [0.717, 1.165) is 11.3 Å². The molecule has 1 amide bonds. The first kappa shape index (κ1) is 17.1. The number of ether oxygens (including phenoxy) is 1. The molecule has 0 bridgehead atoms. The standard InChI is InChI=1S/C15H18N2O3S/c1-3-9-17(11-14(18)20-2)15(19)12-6-4-5-7-13(12)21-10-8-16/h4-7H,3,9-11H2,1-2H3. The van der Waals surface area contributed by atoms with Crippen LogP contribution >= 0.6 is 11.8 Å². The molecule has 5 nitrogen and oxygen atoms in total. The lowest BCUT2D eigenvalue weighted by atomic mass is 10.2. The Hall–Kier alpha value is -2.00. The van der Waals surface area contributed by atoms with Gasteiger partial charge in [-0.2, -0.15) is 5.26 Å². The van der Waals surface area contributed by atoms with Crippen LogP contribution in [0.5, 0.6) is 0 Å². The van der Waals surface area contributed by atoms with E-state index in [4.69, 9.17) is 5.26 Å². The molecule has 0 radical (unpaired) electrons. The normalized spacial score (nSPS) is 9.76. The maximum absolute atomic E-state index is 12.6. The summed E-state index contributed by atoms with van der Waals surface area (Å²) in [7, 11) is 1.30. The monoisotopic (exact) mass is 306 g/mol. The van der Waals surface area contributed by atoms with Crippen LogP contribution in [0.25, 0.3) is 0 Å². The van der Waals surface area contributed by atoms with Crippen molar-refractivity contribution in [2.45, 2.75) is 18.2 Å². The molecule has 0 saturated carbocycles. The van der Waals surface area contributed by atoms with Crippen LogP contribution < -0.4 is 0 Å². The molecule has 0 atom stereocenters. The minimum Gasteiger partial charge on any atom is -0.468 e. The zero-order valence-corrected chi connectivity index (χ0v) is 13.0. The Morgan fingerprint density at radius 2 is 2.10 bits per heavy atom. The number of rotatable bonds is 7. The number of hydrogen-bond acceptors (Lipinski definition) is 5. The number of hydrogen-bond donors (Lipinski definition) is 0. The smallest absolute Gasteiger partial charge is 0.325 e. The molecule has 0 spiro atoms. The molecule has 0 aromatic heterocycles. The van der Waals surface area contributed by atoms with Gasteiger partial charge >= 0.3 is 5.97 Å². The highest BCUT2D eigenvalue weighted by Crippen LogP contribution is 2.23. The van der Waals surface area contributed by atoms with Crippen molar-refractivity contribution >= 4 is 23.6 Å². The van der Waals surface area contributed by atoms with Gasteiger partial charge < -0.3 is 9.64 Å². The Balaban J connectivity index is 2.97. The lowest BCUT2D eigenvalue weighted by molar-refractivity contribution is -0.141. The second kappa shape index (κ2) is 9.03. The maximum atomic E-state index is 12.6. The summed E-state index contributed by atoms with van der Waals surface area (Å²) in [4.78, 5) is 26.2. The van der Waals surface area contributed by atoms with Gasteiger partial charge in [0.1, 0.15) is 6.54 Å². The molecule has 1 rings (SSSR count). The zero-order chi connectivity index (χ0) is 15.7. The first-order valence-electron chi connectivity index (χ1n) is 6.58. The number of nitriles is 1. The van der Waals surface area contributed by atoms with E-state index in [-0.39, 0.29) is 18.2 Å². The maximum Gasteiger partial charge on any atom is 0.325 e. The Morgan fingerprint density at radius 1 is 1.38 bits per heavy atom. The summed E-state index contributed by atoms with van der Waals surface area (Å²) in [5, 5.41) is 8.67. The third-order valence-electron chi connectivity index (χ3n) is 2.74. The third kappa shape index (κ3) is 5.12. The SMILES string of the molecule is CCCN(CC(=O)OC)C(=O)c1ccccc1SCC#N. The van der Waals surface area contributed by atoms with E-state index in [1.54, 1.807) is 18.2 Å². The number of thioether (sulfide) groups is 1. The molecular weight excluding hydrogens is 288 g/mol. The average Bonchev–Trinajstić information content (AvgIpc) is 2.51. The van der Waals surface area contributed by atoms with E-state index in [2.05, 4.69) is 4.74 Å². The van der Waals surface area contributed by atoms with Crippen LogP contribution in [0.15, 0.2) is 29.2 Å². The fourth-order valence-corrected chi connectivity index (χ4v) is 2.50. The summed E-state index contributed by atoms with van der Waals surface area (Å²) < 4.78 is 4.63. The summed E-state index contributed by atoms with van der Waals surface area (Å²) in [6.45, 7) is 2.35. The minimum atomic E-state index is -0.445. The second-order valence-electron chi connectivity index (χ2n) is 4.25. The molecule has 6 heteroatoms. The third-order valence-corrected chi connectivity index (χ3v) is 3.68. The number of amides is 1. The van der Waals surface area contributed by atoms with Crippen molar-refractivity contribution in [3.8, 4) is 6.07 Å². The van der Waals surface area contributed by atoms with Gasteiger partial charge in [0.15, 0.2) is 0 Å². The lowest BCUT2D eigenvalue weighted by Gasteiger charge is -2.21. The Kier molecular flexibility index (Phi) is 7.33. The molecule has 0 aliphatic carbocycles. The topological polar surface area (TPSA) is 70.4 Å². The van der Waals surface area contributed by atoms with Crippen LogP contribution in [0.1, 0.15) is 23.7 Å². The fourth-order valence-electron chi connectivity index (χ4n) is 1.79. The molecular formula is C15H18N2O3S.